The van der Waals surface area contributed by atoms with Crippen molar-refractivity contribution in [3.63, 3.8) is 0 Å². The average Bonchev–Trinajstić information content (AvgIpc) is 3.75. The van der Waals surface area contributed by atoms with Crippen molar-refractivity contribution in [2.24, 2.45) is 0 Å². The van der Waals surface area contributed by atoms with Gasteiger partial charge in [-0.3, -0.25) is 4.79 Å². The molecule has 0 heterocycles. The minimum absolute atomic E-state index is 0.0951. The molecule has 2 aliphatic rings. The number of ether oxygens (including phenoxy) is 2. The molecule has 3 atom stereocenters. The van der Waals surface area contributed by atoms with Crippen LogP contribution in [0.5, 0.6) is 0 Å². The zero-order valence-electron chi connectivity index (χ0n) is 22.7. The second-order valence-electron chi connectivity index (χ2n) is 10.4. The molecule has 0 aromatic heterocycles. The molecule has 3 aromatic carbocycles. The van der Waals surface area contributed by atoms with Crippen molar-refractivity contribution in [1.29, 1.82) is 0 Å². The van der Waals surface area contributed by atoms with Gasteiger partial charge in [0.2, 0.25) is 5.91 Å². The highest BCUT2D eigenvalue weighted by molar-refractivity contribution is 5.90. The lowest BCUT2D eigenvalue weighted by Crippen LogP contribution is -2.58. The van der Waals surface area contributed by atoms with Crippen LogP contribution in [0.15, 0.2) is 78.9 Å². The number of carboxylic acid groups (broad SMARTS) is 1. The molecule has 5 rings (SSSR count). The number of nitrogens with one attached hydrogen (secondary N) is 1. The van der Waals surface area contributed by atoms with Crippen LogP contribution in [-0.4, -0.2) is 58.8 Å². The van der Waals surface area contributed by atoms with Crippen molar-refractivity contribution in [3.05, 3.63) is 95.6 Å². The molecule has 8 heteroatoms. The van der Waals surface area contributed by atoms with E-state index in [1.165, 1.54) is 11.8 Å². The van der Waals surface area contributed by atoms with E-state index in [0.717, 1.165) is 40.7 Å². The fraction of sp³-hybridized carbons (Fsp3) is 0.344. The number of amides is 2. The summed E-state index contributed by atoms with van der Waals surface area (Å²) in [4.78, 5) is 40.1. The molecular formula is C32H34N2O6. The van der Waals surface area contributed by atoms with Gasteiger partial charge in [-0.05, 0) is 54.5 Å². The van der Waals surface area contributed by atoms with Gasteiger partial charge in [0.1, 0.15) is 18.7 Å². The summed E-state index contributed by atoms with van der Waals surface area (Å²) in [5.41, 5.74) is 5.31. The molecule has 0 aliphatic heterocycles. The van der Waals surface area contributed by atoms with Crippen LogP contribution in [-0.2, 0) is 25.7 Å². The van der Waals surface area contributed by atoms with E-state index in [-0.39, 0.29) is 25.2 Å². The lowest BCUT2D eigenvalue weighted by molar-refractivity contribution is -0.152. The predicted molar refractivity (Wildman–Crippen MR) is 150 cm³/mol. The number of rotatable bonds is 11. The number of carbonyl (C=O) groups excluding carboxylic acids is 2. The summed E-state index contributed by atoms with van der Waals surface area (Å²) in [6.07, 6.45) is -0.0508. The molecule has 3 unspecified atom stereocenters. The summed E-state index contributed by atoms with van der Waals surface area (Å²) < 4.78 is 11.7. The first kappa shape index (κ1) is 27.4. The van der Waals surface area contributed by atoms with Crippen LogP contribution in [0.25, 0.3) is 11.1 Å². The van der Waals surface area contributed by atoms with E-state index in [2.05, 4.69) is 17.4 Å². The van der Waals surface area contributed by atoms with Crippen molar-refractivity contribution in [2.45, 2.75) is 63.4 Å². The summed E-state index contributed by atoms with van der Waals surface area (Å²) in [6, 6.07) is 23.3. The molecule has 2 amide bonds. The van der Waals surface area contributed by atoms with E-state index < -0.39 is 36.2 Å². The third-order valence-electron chi connectivity index (χ3n) is 7.68. The molecule has 2 aliphatic carbocycles. The fourth-order valence-electron chi connectivity index (χ4n) is 5.36. The molecule has 2 N–H and O–H groups in total. The number of aliphatic carboxylic acids is 1. The van der Waals surface area contributed by atoms with Crippen molar-refractivity contribution < 1.29 is 29.0 Å². The largest absolute Gasteiger partial charge is 0.480 e. The van der Waals surface area contributed by atoms with Gasteiger partial charge in [-0.25, -0.2) is 9.59 Å². The number of carboxylic acids is 1. The molecule has 0 radical (unpaired) electrons. The van der Waals surface area contributed by atoms with E-state index in [9.17, 15) is 19.5 Å². The topological polar surface area (TPSA) is 105 Å². The van der Waals surface area contributed by atoms with Crippen molar-refractivity contribution in [1.82, 2.24) is 10.2 Å². The Balaban J connectivity index is 1.31. The second-order valence-corrected chi connectivity index (χ2v) is 10.4. The van der Waals surface area contributed by atoms with Crippen molar-refractivity contribution in [2.75, 3.05) is 6.61 Å². The maximum absolute atomic E-state index is 13.8. The Hall–Kier alpha value is -4.17. The Morgan fingerprint density at radius 1 is 0.900 bits per heavy atom. The quantitative estimate of drug-likeness (QED) is 0.355. The number of hydrogen-bond acceptors (Lipinski definition) is 5. The highest BCUT2D eigenvalue weighted by Gasteiger charge is 2.43. The smallest absolute Gasteiger partial charge is 0.407 e. The highest BCUT2D eigenvalue weighted by atomic mass is 16.5. The van der Waals surface area contributed by atoms with Gasteiger partial charge in [-0.1, -0.05) is 78.9 Å². The second kappa shape index (κ2) is 11.9. The molecule has 40 heavy (non-hydrogen) atoms. The molecule has 0 saturated heterocycles. The zero-order chi connectivity index (χ0) is 28.2. The molecule has 0 spiro atoms. The van der Waals surface area contributed by atoms with Crippen LogP contribution in [0.3, 0.4) is 0 Å². The third-order valence-corrected chi connectivity index (χ3v) is 7.68. The van der Waals surface area contributed by atoms with Gasteiger partial charge in [0, 0.05) is 12.0 Å². The highest BCUT2D eigenvalue weighted by Crippen LogP contribution is 2.44. The molecular weight excluding hydrogens is 508 g/mol. The van der Waals surface area contributed by atoms with Gasteiger partial charge in [-0.2, -0.15) is 0 Å². The van der Waals surface area contributed by atoms with E-state index in [1.807, 2.05) is 66.7 Å². The maximum Gasteiger partial charge on any atom is 0.407 e. The number of alkyl carbamates (subject to hydrolysis) is 1. The summed E-state index contributed by atoms with van der Waals surface area (Å²) >= 11 is 0. The lowest BCUT2D eigenvalue weighted by atomic mass is 9.98. The minimum atomic E-state index is -1.12. The van der Waals surface area contributed by atoms with Crippen LogP contribution in [0.1, 0.15) is 49.3 Å². The van der Waals surface area contributed by atoms with Crippen LogP contribution < -0.4 is 5.32 Å². The molecule has 3 aromatic rings. The summed E-state index contributed by atoms with van der Waals surface area (Å²) in [5, 5.41) is 12.4. The van der Waals surface area contributed by atoms with E-state index in [4.69, 9.17) is 9.47 Å². The van der Waals surface area contributed by atoms with Crippen molar-refractivity contribution in [3.8, 4) is 11.1 Å². The molecule has 1 fully saturated rings. The number of fused-ring (bicyclic) bond motifs is 3. The molecule has 208 valence electrons. The van der Waals surface area contributed by atoms with E-state index in [0.29, 0.717) is 0 Å². The van der Waals surface area contributed by atoms with Crippen LogP contribution in [0.4, 0.5) is 4.79 Å². The minimum Gasteiger partial charge on any atom is -0.480 e. The standard InChI is InChI=1S/C32H34N2O6/c1-20(31(36)37)34(23-16-17-23)30(35)29(21(2)39-18-22-10-4-3-5-11-22)33-32(38)40-19-28-26-14-8-6-12-24(26)25-13-7-9-15-27(25)28/h3-15,20-21,23,28-29H,16-19H2,1-2H3,(H,33,38)(H,36,37). The fourth-order valence-corrected chi connectivity index (χ4v) is 5.36. The Bertz CT molecular complexity index is 1330. The monoisotopic (exact) mass is 542 g/mol. The van der Waals surface area contributed by atoms with Crippen LogP contribution in [0, 0.1) is 0 Å². The number of benzene rings is 3. The van der Waals surface area contributed by atoms with Gasteiger partial charge < -0.3 is 24.8 Å². The summed E-state index contributed by atoms with van der Waals surface area (Å²) in [7, 11) is 0. The van der Waals surface area contributed by atoms with Crippen molar-refractivity contribution >= 4 is 18.0 Å². The number of carbonyl (C=O) groups is 3. The summed E-state index contributed by atoms with van der Waals surface area (Å²) in [6.45, 7) is 3.51. The first-order chi connectivity index (χ1) is 19.3. The molecule has 0 bridgehead atoms. The lowest BCUT2D eigenvalue weighted by Gasteiger charge is -2.33. The first-order valence-electron chi connectivity index (χ1n) is 13.7. The van der Waals surface area contributed by atoms with Crippen LogP contribution in [0.2, 0.25) is 0 Å². The Morgan fingerprint density at radius 2 is 1.48 bits per heavy atom. The van der Waals surface area contributed by atoms with Gasteiger partial charge in [0.15, 0.2) is 0 Å². The van der Waals surface area contributed by atoms with E-state index >= 15 is 0 Å². The SMILES string of the molecule is CC(OCc1ccccc1)C(NC(=O)OCC1c2ccccc2-c2ccccc21)C(=O)N(C1CC1)C(C)C(=O)O. The third kappa shape index (κ3) is 5.87. The molecule has 1 saturated carbocycles. The predicted octanol–water partition coefficient (Wildman–Crippen LogP) is 4.96. The normalized spacial score (nSPS) is 16.2. The maximum atomic E-state index is 13.8. The van der Waals surface area contributed by atoms with Gasteiger partial charge in [0.25, 0.3) is 0 Å². The Morgan fingerprint density at radius 3 is 2.05 bits per heavy atom. The van der Waals surface area contributed by atoms with Crippen LogP contribution >= 0.6 is 0 Å². The zero-order valence-corrected chi connectivity index (χ0v) is 22.7. The number of nitrogens with zero attached hydrogens (tertiary/aromatic N) is 1. The van der Waals surface area contributed by atoms with Gasteiger partial charge >= 0.3 is 12.1 Å². The van der Waals surface area contributed by atoms with Gasteiger partial charge in [-0.15, -0.1) is 0 Å². The Kier molecular flexibility index (Phi) is 8.16. The van der Waals surface area contributed by atoms with E-state index in [1.54, 1.807) is 6.92 Å². The molecule has 8 nitrogen and oxygen atoms in total. The van der Waals surface area contributed by atoms with Gasteiger partial charge in [0.05, 0.1) is 12.7 Å². The Labute approximate surface area is 233 Å². The number of hydrogen-bond donors (Lipinski definition) is 2. The summed E-state index contributed by atoms with van der Waals surface area (Å²) in [5.74, 6) is -1.72. The average molecular weight is 543 g/mol. The first-order valence-corrected chi connectivity index (χ1v) is 13.7.